The number of hydrogen-bond donors (Lipinski definition) is 4. The molecule has 9 nitrogen and oxygen atoms in total. The number of carboxylic acids is 1. The molecule has 0 saturated heterocycles. The topological polar surface area (TPSA) is 142 Å². The lowest BCUT2D eigenvalue weighted by atomic mass is 9.96. The molecule has 0 fully saturated rings. The molecule has 0 aliphatic heterocycles. The van der Waals surface area contributed by atoms with Crippen LogP contribution in [0.25, 0.3) is 0 Å². The molecule has 0 spiro atoms. The molecule has 0 radical (unpaired) electrons. The van der Waals surface area contributed by atoms with Gasteiger partial charge in [0.2, 0.25) is 0 Å². The van der Waals surface area contributed by atoms with Crippen LogP contribution in [-0.2, 0) is 19.1 Å². The summed E-state index contributed by atoms with van der Waals surface area (Å²) < 4.78 is 4.84. The van der Waals surface area contributed by atoms with E-state index in [1.165, 1.54) is 6.92 Å². The average molecular weight is 456 g/mol. The second-order valence-corrected chi connectivity index (χ2v) is 7.48. The van der Waals surface area contributed by atoms with Gasteiger partial charge in [0.1, 0.15) is 6.04 Å². The summed E-state index contributed by atoms with van der Waals surface area (Å²) in [5.74, 6) is -4.27. The third-order valence-corrected chi connectivity index (χ3v) is 4.99. The van der Waals surface area contributed by atoms with Gasteiger partial charge in [0.05, 0.1) is 19.1 Å². The lowest BCUT2D eigenvalue weighted by molar-refractivity contribution is -0.148. The van der Waals surface area contributed by atoms with E-state index < -0.39 is 47.9 Å². The van der Waals surface area contributed by atoms with E-state index in [9.17, 15) is 29.4 Å². The number of carboxylic acid groups (broad SMARTS) is 1. The minimum absolute atomic E-state index is 0.147. The number of benzene rings is 2. The third-order valence-electron chi connectivity index (χ3n) is 4.99. The number of aliphatic hydroxyl groups excluding tert-OH is 1. The SMILES string of the molecule is CCOC(=O)C[C@@H](C)[C@H](NC(=O)[C@H](O)[C@@H](NC(=O)c1ccccc1)c1ccccc1)C(=O)O. The van der Waals surface area contributed by atoms with Crippen LogP contribution < -0.4 is 10.6 Å². The molecule has 176 valence electrons. The van der Waals surface area contributed by atoms with Gasteiger partial charge in [-0.15, -0.1) is 0 Å². The summed E-state index contributed by atoms with van der Waals surface area (Å²) in [7, 11) is 0. The lowest BCUT2D eigenvalue weighted by Gasteiger charge is -2.27. The van der Waals surface area contributed by atoms with Crippen molar-refractivity contribution in [3.05, 3.63) is 71.8 Å². The van der Waals surface area contributed by atoms with Gasteiger partial charge in [-0.2, -0.15) is 0 Å². The Labute approximate surface area is 191 Å². The molecule has 9 heteroatoms. The van der Waals surface area contributed by atoms with E-state index in [1.807, 2.05) is 0 Å². The van der Waals surface area contributed by atoms with Crippen LogP contribution >= 0.6 is 0 Å². The Balaban J connectivity index is 2.20. The molecule has 2 rings (SSSR count). The van der Waals surface area contributed by atoms with Crippen molar-refractivity contribution in [1.29, 1.82) is 0 Å². The zero-order valence-corrected chi connectivity index (χ0v) is 18.4. The third kappa shape index (κ3) is 7.43. The maximum absolute atomic E-state index is 12.8. The van der Waals surface area contributed by atoms with Crippen molar-refractivity contribution in [3.8, 4) is 0 Å². The summed E-state index contributed by atoms with van der Waals surface area (Å²) in [4.78, 5) is 48.9. The van der Waals surface area contributed by atoms with Crippen LogP contribution in [0.2, 0.25) is 0 Å². The number of ether oxygens (including phenoxy) is 1. The van der Waals surface area contributed by atoms with Gasteiger partial charge in [0.15, 0.2) is 6.10 Å². The molecule has 0 heterocycles. The standard InChI is InChI=1S/C24H28N2O7/c1-3-33-18(27)14-15(2)19(24(31)32)25-23(30)21(28)20(16-10-6-4-7-11-16)26-22(29)17-12-8-5-9-13-17/h4-13,15,19-21,28H,3,14H2,1-2H3,(H,25,30)(H,26,29)(H,31,32)/t15-,19+,20+,21-/m1/s1. The van der Waals surface area contributed by atoms with Crippen LogP contribution in [0.4, 0.5) is 0 Å². The molecule has 0 aliphatic rings. The minimum Gasteiger partial charge on any atom is -0.480 e. The molecule has 2 amide bonds. The van der Waals surface area contributed by atoms with Crippen molar-refractivity contribution >= 4 is 23.8 Å². The second-order valence-electron chi connectivity index (χ2n) is 7.48. The van der Waals surface area contributed by atoms with Gasteiger partial charge in [-0.3, -0.25) is 14.4 Å². The summed E-state index contributed by atoms with van der Waals surface area (Å²) in [6.45, 7) is 3.26. The van der Waals surface area contributed by atoms with Gasteiger partial charge in [-0.05, 0) is 30.5 Å². The monoisotopic (exact) mass is 456 g/mol. The average Bonchev–Trinajstić information content (AvgIpc) is 2.81. The first-order chi connectivity index (χ1) is 15.7. The Morgan fingerprint density at radius 2 is 1.52 bits per heavy atom. The summed E-state index contributed by atoms with van der Waals surface area (Å²) in [6, 6.07) is 14.0. The summed E-state index contributed by atoms with van der Waals surface area (Å²) in [5, 5.41) is 25.3. The molecule has 0 aliphatic carbocycles. The molecule has 0 aromatic heterocycles. The van der Waals surface area contributed by atoms with Gasteiger partial charge in [0, 0.05) is 5.56 Å². The van der Waals surface area contributed by atoms with Gasteiger partial charge >= 0.3 is 11.9 Å². The van der Waals surface area contributed by atoms with E-state index in [2.05, 4.69) is 10.6 Å². The first-order valence-corrected chi connectivity index (χ1v) is 10.5. The molecule has 4 atom stereocenters. The Morgan fingerprint density at radius 1 is 0.939 bits per heavy atom. The number of aliphatic carboxylic acids is 1. The molecule has 2 aromatic carbocycles. The van der Waals surface area contributed by atoms with Crippen molar-refractivity contribution in [1.82, 2.24) is 10.6 Å². The van der Waals surface area contributed by atoms with Crippen LogP contribution in [0.5, 0.6) is 0 Å². The maximum Gasteiger partial charge on any atom is 0.326 e. The number of aliphatic hydroxyl groups is 1. The van der Waals surface area contributed by atoms with Crippen LogP contribution in [0.1, 0.15) is 42.2 Å². The van der Waals surface area contributed by atoms with E-state index >= 15 is 0 Å². The van der Waals surface area contributed by atoms with Gasteiger partial charge < -0.3 is 25.6 Å². The Bertz CT molecular complexity index is 950. The van der Waals surface area contributed by atoms with Crippen molar-refractivity contribution in [2.75, 3.05) is 6.61 Å². The van der Waals surface area contributed by atoms with Crippen molar-refractivity contribution in [3.63, 3.8) is 0 Å². The Hall–Kier alpha value is -3.72. The van der Waals surface area contributed by atoms with E-state index in [0.717, 1.165) is 0 Å². The molecular formula is C24H28N2O7. The Morgan fingerprint density at radius 3 is 2.06 bits per heavy atom. The fourth-order valence-electron chi connectivity index (χ4n) is 3.26. The number of rotatable bonds is 11. The van der Waals surface area contributed by atoms with E-state index in [-0.39, 0.29) is 13.0 Å². The van der Waals surface area contributed by atoms with Crippen molar-refractivity contribution in [2.45, 2.75) is 38.5 Å². The number of carbonyl (C=O) groups excluding carboxylic acids is 3. The minimum atomic E-state index is -1.79. The fourth-order valence-corrected chi connectivity index (χ4v) is 3.26. The summed E-state index contributed by atoms with van der Waals surface area (Å²) in [5.41, 5.74) is 0.786. The highest BCUT2D eigenvalue weighted by atomic mass is 16.5. The van der Waals surface area contributed by atoms with E-state index in [4.69, 9.17) is 4.74 Å². The zero-order valence-electron chi connectivity index (χ0n) is 18.4. The largest absolute Gasteiger partial charge is 0.480 e. The summed E-state index contributed by atoms with van der Waals surface area (Å²) >= 11 is 0. The number of nitrogens with one attached hydrogen (secondary N) is 2. The molecule has 33 heavy (non-hydrogen) atoms. The van der Waals surface area contributed by atoms with Crippen LogP contribution in [0, 0.1) is 5.92 Å². The van der Waals surface area contributed by atoms with Crippen LogP contribution in [0.3, 0.4) is 0 Å². The molecular weight excluding hydrogens is 428 g/mol. The molecule has 0 bridgehead atoms. The predicted molar refractivity (Wildman–Crippen MR) is 119 cm³/mol. The maximum atomic E-state index is 12.8. The smallest absolute Gasteiger partial charge is 0.326 e. The van der Waals surface area contributed by atoms with E-state index in [1.54, 1.807) is 67.6 Å². The fraction of sp³-hybridized carbons (Fsp3) is 0.333. The molecule has 0 saturated carbocycles. The van der Waals surface area contributed by atoms with E-state index in [0.29, 0.717) is 11.1 Å². The van der Waals surface area contributed by atoms with Gasteiger partial charge in [0.25, 0.3) is 11.8 Å². The van der Waals surface area contributed by atoms with Crippen molar-refractivity contribution in [2.24, 2.45) is 5.92 Å². The first kappa shape index (κ1) is 25.5. The number of amides is 2. The van der Waals surface area contributed by atoms with Crippen LogP contribution in [0.15, 0.2) is 60.7 Å². The summed E-state index contributed by atoms with van der Waals surface area (Å²) in [6.07, 6.45) is -2.02. The lowest BCUT2D eigenvalue weighted by Crippen LogP contribution is -2.52. The Kier molecular flexibility index (Phi) is 9.56. The quantitative estimate of drug-likeness (QED) is 0.377. The predicted octanol–water partition coefficient (Wildman–Crippen LogP) is 1.68. The highest BCUT2D eigenvalue weighted by molar-refractivity contribution is 5.95. The molecule has 2 aromatic rings. The normalized spacial score (nSPS) is 14.3. The molecule has 4 N–H and O–H groups in total. The zero-order chi connectivity index (χ0) is 24.4. The van der Waals surface area contributed by atoms with Gasteiger partial charge in [-0.25, -0.2) is 4.79 Å². The number of esters is 1. The number of carbonyl (C=O) groups is 4. The van der Waals surface area contributed by atoms with Crippen LogP contribution in [-0.4, -0.2) is 52.7 Å². The van der Waals surface area contributed by atoms with Crippen molar-refractivity contribution < 1.29 is 34.1 Å². The van der Waals surface area contributed by atoms with Gasteiger partial charge in [-0.1, -0.05) is 55.5 Å². The first-order valence-electron chi connectivity index (χ1n) is 10.5. The highest BCUT2D eigenvalue weighted by Gasteiger charge is 2.34. The highest BCUT2D eigenvalue weighted by Crippen LogP contribution is 2.19. The molecule has 0 unspecified atom stereocenters. The second kappa shape index (κ2) is 12.4. The number of hydrogen-bond acceptors (Lipinski definition) is 6.